The predicted molar refractivity (Wildman–Crippen MR) is 66.5 cm³/mol. The molecule has 0 N–H and O–H groups in total. The molecule has 0 saturated carbocycles. The molecule has 0 spiro atoms. The summed E-state index contributed by atoms with van der Waals surface area (Å²) >= 11 is 0. The van der Waals surface area contributed by atoms with Gasteiger partial charge in [-0.15, -0.1) is 10.2 Å². The summed E-state index contributed by atoms with van der Waals surface area (Å²) in [6.07, 6.45) is 7.39. The third-order valence-electron chi connectivity index (χ3n) is 2.64. The summed E-state index contributed by atoms with van der Waals surface area (Å²) in [5.74, 6) is 1.68. The molecular formula is C13H18N4. The van der Waals surface area contributed by atoms with Crippen molar-refractivity contribution in [3.63, 3.8) is 0 Å². The van der Waals surface area contributed by atoms with E-state index in [1.54, 1.807) is 0 Å². The first-order chi connectivity index (χ1) is 8.25. The van der Waals surface area contributed by atoms with Crippen LogP contribution in [0.15, 0.2) is 30.9 Å². The lowest BCUT2D eigenvalue weighted by Crippen LogP contribution is -2.08. The highest BCUT2D eigenvalue weighted by Gasteiger charge is 2.05. The minimum Gasteiger partial charge on any atom is -0.317 e. The Morgan fingerprint density at radius 2 is 1.94 bits per heavy atom. The molecule has 0 radical (unpaired) electrons. The topological polar surface area (TPSA) is 43.6 Å². The normalized spacial score (nSPS) is 11.0. The minimum absolute atomic E-state index is 0.616. The molecule has 0 aliphatic rings. The molecule has 2 rings (SSSR count). The first kappa shape index (κ1) is 11.8. The summed E-state index contributed by atoms with van der Waals surface area (Å²) in [5.41, 5.74) is 1.29. The van der Waals surface area contributed by atoms with Crippen molar-refractivity contribution < 1.29 is 0 Å². The van der Waals surface area contributed by atoms with Crippen LogP contribution in [0.2, 0.25) is 0 Å². The summed E-state index contributed by atoms with van der Waals surface area (Å²) in [4.78, 5) is 4.01. The van der Waals surface area contributed by atoms with Crippen LogP contribution in [0.1, 0.15) is 25.2 Å². The van der Waals surface area contributed by atoms with E-state index in [-0.39, 0.29) is 0 Å². The van der Waals surface area contributed by atoms with Crippen LogP contribution < -0.4 is 0 Å². The average molecular weight is 230 g/mol. The summed E-state index contributed by atoms with van der Waals surface area (Å²) in [7, 11) is 0. The quantitative estimate of drug-likeness (QED) is 0.790. The van der Waals surface area contributed by atoms with Gasteiger partial charge in [0.1, 0.15) is 12.2 Å². The number of aryl methyl sites for hydroxylation is 2. The highest BCUT2D eigenvalue weighted by Crippen LogP contribution is 2.06. The van der Waals surface area contributed by atoms with Gasteiger partial charge in [0.25, 0.3) is 0 Å². The molecule has 4 heteroatoms. The van der Waals surface area contributed by atoms with E-state index in [0.29, 0.717) is 5.92 Å². The van der Waals surface area contributed by atoms with Crippen LogP contribution in [-0.2, 0) is 19.4 Å². The Labute approximate surface area is 102 Å². The molecule has 0 bridgehead atoms. The van der Waals surface area contributed by atoms with Gasteiger partial charge in [-0.1, -0.05) is 13.8 Å². The number of hydrogen-bond acceptors (Lipinski definition) is 3. The van der Waals surface area contributed by atoms with Gasteiger partial charge in [0, 0.05) is 25.4 Å². The molecule has 4 nitrogen and oxygen atoms in total. The van der Waals surface area contributed by atoms with Crippen molar-refractivity contribution in [3.8, 4) is 0 Å². The maximum Gasteiger partial charge on any atom is 0.133 e. The first-order valence-electron chi connectivity index (χ1n) is 6.01. The van der Waals surface area contributed by atoms with E-state index in [4.69, 9.17) is 0 Å². The van der Waals surface area contributed by atoms with E-state index >= 15 is 0 Å². The summed E-state index contributed by atoms with van der Waals surface area (Å²) in [5, 5.41) is 8.17. The molecule has 0 amide bonds. The van der Waals surface area contributed by atoms with E-state index < -0.39 is 0 Å². The van der Waals surface area contributed by atoms with E-state index in [0.717, 1.165) is 25.2 Å². The Morgan fingerprint density at radius 3 is 2.65 bits per heavy atom. The van der Waals surface area contributed by atoms with Gasteiger partial charge in [-0.3, -0.25) is 4.98 Å². The van der Waals surface area contributed by atoms with Crippen LogP contribution in [0, 0.1) is 5.92 Å². The van der Waals surface area contributed by atoms with Gasteiger partial charge in [-0.05, 0) is 30.0 Å². The van der Waals surface area contributed by atoms with E-state index in [1.807, 2.05) is 30.9 Å². The van der Waals surface area contributed by atoms with Crippen molar-refractivity contribution in [1.29, 1.82) is 0 Å². The molecule has 90 valence electrons. The van der Waals surface area contributed by atoms with Gasteiger partial charge >= 0.3 is 0 Å². The van der Waals surface area contributed by atoms with E-state index in [2.05, 4.69) is 33.6 Å². The minimum atomic E-state index is 0.616. The van der Waals surface area contributed by atoms with Crippen LogP contribution in [0.4, 0.5) is 0 Å². The first-order valence-corrected chi connectivity index (χ1v) is 6.01. The van der Waals surface area contributed by atoms with Gasteiger partial charge in [-0.2, -0.15) is 0 Å². The molecule has 2 heterocycles. The maximum absolute atomic E-state index is 4.18. The monoisotopic (exact) mass is 230 g/mol. The van der Waals surface area contributed by atoms with Crippen LogP contribution >= 0.6 is 0 Å². The molecule has 2 aromatic rings. The van der Waals surface area contributed by atoms with Crippen LogP contribution in [0.3, 0.4) is 0 Å². The second kappa shape index (κ2) is 5.57. The van der Waals surface area contributed by atoms with Crippen LogP contribution in [0.5, 0.6) is 0 Å². The largest absolute Gasteiger partial charge is 0.317 e. The Kier molecular flexibility index (Phi) is 3.85. The predicted octanol–water partition coefficient (Wildman–Crippen LogP) is 2.11. The number of nitrogens with zero attached hydrogens (tertiary/aromatic N) is 4. The van der Waals surface area contributed by atoms with Crippen molar-refractivity contribution in [2.45, 2.75) is 33.2 Å². The molecule has 17 heavy (non-hydrogen) atoms. The molecule has 0 aromatic carbocycles. The maximum atomic E-state index is 4.18. The third-order valence-corrected chi connectivity index (χ3v) is 2.64. The van der Waals surface area contributed by atoms with Crippen molar-refractivity contribution in [2.75, 3.05) is 0 Å². The van der Waals surface area contributed by atoms with Crippen LogP contribution in [0.25, 0.3) is 0 Å². The standard InChI is InChI=1S/C13H18N4/c1-11(2)9-17-10-15-16-13(17)4-3-12-5-7-14-8-6-12/h5-8,10-11H,3-4,9H2,1-2H3. The second-order valence-electron chi connectivity index (χ2n) is 4.65. The fourth-order valence-corrected chi connectivity index (χ4v) is 1.82. The van der Waals surface area contributed by atoms with Crippen molar-refractivity contribution in [2.24, 2.45) is 5.92 Å². The zero-order chi connectivity index (χ0) is 12.1. The highest BCUT2D eigenvalue weighted by atomic mass is 15.3. The molecule has 0 aliphatic carbocycles. The molecule has 0 fully saturated rings. The fraction of sp³-hybridized carbons (Fsp3) is 0.462. The zero-order valence-corrected chi connectivity index (χ0v) is 10.4. The lowest BCUT2D eigenvalue weighted by molar-refractivity contribution is 0.505. The summed E-state index contributed by atoms with van der Waals surface area (Å²) in [6, 6.07) is 4.09. The Balaban J connectivity index is 1.97. The number of pyridine rings is 1. The average Bonchev–Trinajstić information content (AvgIpc) is 2.74. The smallest absolute Gasteiger partial charge is 0.133 e. The number of rotatable bonds is 5. The van der Waals surface area contributed by atoms with Gasteiger partial charge in [-0.25, -0.2) is 0 Å². The molecule has 0 saturated heterocycles. The highest BCUT2D eigenvalue weighted by molar-refractivity contribution is 5.10. The van der Waals surface area contributed by atoms with Gasteiger partial charge < -0.3 is 4.57 Å². The Morgan fingerprint density at radius 1 is 1.18 bits per heavy atom. The molecule has 2 aromatic heterocycles. The van der Waals surface area contributed by atoms with Crippen LogP contribution in [-0.4, -0.2) is 19.7 Å². The lowest BCUT2D eigenvalue weighted by atomic mass is 10.1. The molecule has 0 aliphatic heterocycles. The third kappa shape index (κ3) is 3.37. The van der Waals surface area contributed by atoms with Gasteiger partial charge in [0.05, 0.1) is 0 Å². The van der Waals surface area contributed by atoms with E-state index in [1.165, 1.54) is 5.56 Å². The Hall–Kier alpha value is -1.71. The van der Waals surface area contributed by atoms with Crippen molar-refractivity contribution in [1.82, 2.24) is 19.7 Å². The number of hydrogen-bond donors (Lipinski definition) is 0. The summed E-state index contributed by atoms with van der Waals surface area (Å²) in [6.45, 7) is 5.39. The fourth-order valence-electron chi connectivity index (χ4n) is 1.82. The lowest BCUT2D eigenvalue weighted by Gasteiger charge is -2.08. The Bertz CT molecular complexity index is 447. The van der Waals surface area contributed by atoms with Crippen molar-refractivity contribution in [3.05, 3.63) is 42.2 Å². The SMILES string of the molecule is CC(C)Cn1cnnc1CCc1ccncc1. The molecule has 0 atom stereocenters. The molecular weight excluding hydrogens is 212 g/mol. The van der Waals surface area contributed by atoms with Gasteiger partial charge in [0.15, 0.2) is 0 Å². The van der Waals surface area contributed by atoms with Gasteiger partial charge in [0.2, 0.25) is 0 Å². The molecule has 0 unspecified atom stereocenters. The van der Waals surface area contributed by atoms with Crippen molar-refractivity contribution >= 4 is 0 Å². The summed E-state index contributed by atoms with van der Waals surface area (Å²) < 4.78 is 2.14. The second-order valence-corrected chi connectivity index (χ2v) is 4.65. The number of aromatic nitrogens is 4. The van der Waals surface area contributed by atoms with E-state index in [9.17, 15) is 0 Å². The zero-order valence-electron chi connectivity index (χ0n) is 10.4.